The van der Waals surface area contributed by atoms with Crippen LogP contribution in [0.25, 0.3) is 0 Å². The number of β-amino-alcohol motifs (C(OH)–C–C–N with tert-alkyl or cyclic N) is 1. The van der Waals surface area contributed by atoms with E-state index in [9.17, 15) is 5.11 Å². The van der Waals surface area contributed by atoms with Crippen molar-refractivity contribution in [2.45, 2.75) is 50.9 Å². The van der Waals surface area contributed by atoms with Gasteiger partial charge in [-0.2, -0.15) is 0 Å². The monoisotopic (exact) mass is 357 g/mol. The molecule has 1 saturated heterocycles. The van der Waals surface area contributed by atoms with Crippen LogP contribution in [-0.2, 0) is 25.9 Å². The highest BCUT2D eigenvalue weighted by Gasteiger charge is 2.28. The van der Waals surface area contributed by atoms with Gasteiger partial charge in [-0.3, -0.25) is 4.90 Å². The van der Waals surface area contributed by atoms with E-state index in [-0.39, 0.29) is 6.10 Å². The lowest BCUT2D eigenvalue weighted by Gasteiger charge is -2.23. The minimum absolute atomic E-state index is 0.199. The highest BCUT2D eigenvalue weighted by Crippen LogP contribution is 2.26. The Hall–Kier alpha value is -1.89. The molecule has 140 valence electrons. The summed E-state index contributed by atoms with van der Waals surface area (Å²) in [4.78, 5) is 2.26. The van der Waals surface area contributed by atoms with Crippen molar-refractivity contribution in [3.63, 3.8) is 0 Å². The second kappa shape index (κ2) is 7.78. The molecule has 2 aromatic rings. The van der Waals surface area contributed by atoms with Gasteiger partial charge in [-0.15, -0.1) is 0 Å². The van der Waals surface area contributed by atoms with Crippen molar-refractivity contribution >= 4 is 0 Å². The molecule has 1 aromatic heterocycles. The molecule has 0 amide bonds. The summed E-state index contributed by atoms with van der Waals surface area (Å²) in [5.41, 5.74) is 3.54. The smallest absolute Gasteiger partial charge is 0.140 e. The third kappa shape index (κ3) is 3.92. The number of aliphatic hydroxyl groups is 1. The van der Waals surface area contributed by atoms with Crippen molar-refractivity contribution in [3.8, 4) is 5.75 Å². The van der Waals surface area contributed by atoms with Gasteiger partial charge in [0, 0.05) is 44.2 Å². The van der Waals surface area contributed by atoms with Crippen molar-refractivity contribution in [2.75, 3.05) is 20.2 Å². The quantitative estimate of drug-likeness (QED) is 0.823. The maximum absolute atomic E-state index is 9.72. The van der Waals surface area contributed by atoms with Crippen LogP contribution in [0.1, 0.15) is 35.4 Å². The van der Waals surface area contributed by atoms with Gasteiger partial charge in [-0.25, -0.2) is 0 Å². The maximum atomic E-state index is 9.72. The Morgan fingerprint density at radius 2 is 2.31 bits per heavy atom. The van der Waals surface area contributed by atoms with Gasteiger partial charge in [0.25, 0.3) is 0 Å². The van der Waals surface area contributed by atoms with Gasteiger partial charge in [0.15, 0.2) is 0 Å². The van der Waals surface area contributed by atoms with Gasteiger partial charge >= 0.3 is 0 Å². The number of aliphatic hydroxyl groups excluding tert-OH is 1. The summed E-state index contributed by atoms with van der Waals surface area (Å²) in [5.74, 6) is 1.93. The van der Waals surface area contributed by atoms with Crippen molar-refractivity contribution < 1.29 is 14.4 Å². The topological polar surface area (TPSA) is 70.8 Å². The number of nitrogens with zero attached hydrogens (tertiary/aromatic N) is 2. The average Bonchev–Trinajstić information content (AvgIpc) is 3.26. The zero-order chi connectivity index (χ0) is 17.9. The molecule has 1 fully saturated rings. The van der Waals surface area contributed by atoms with E-state index in [0.717, 1.165) is 69.1 Å². The van der Waals surface area contributed by atoms with Gasteiger partial charge in [-0.05, 0) is 37.0 Å². The summed E-state index contributed by atoms with van der Waals surface area (Å²) in [6.07, 6.45) is 3.60. The predicted molar refractivity (Wildman–Crippen MR) is 98.1 cm³/mol. The first-order valence-corrected chi connectivity index (χ1v) is 9.44. The Labute approximate surface area is 154 Å². The largest absolute Gasteiger partial charge is 0.497 e. The van der Waals surface area contributed by atoms with E-state index in [1.54, 1.807) is 7.11 Å². The molecule has 0 radical (unpaired) electrons. The van der Waals surface area contributed by atoms with Crippen LogP contribution in [0.5, 0.6) is 5.75 Å². The molecule has 0 spiro atoms. The molecule has 1 aromatic carbocycles. The molecule has 2 heterocycles. The van der Waals surface area contributed by atoms with Crippen LogP contribution in [0, 0.1) is 0 Å². The predicted octanol–water partition coefficient (Wildman–Crippen LogP) is 1.90. The first kappa shape index (κ1) is 17.5. The second-order valence-electron chi connectivity index (χ2n) is 7.38. The van der Waals surface area contributed by atoms with Gasteiger partial charge in [-0.1, -0.05) is 17.3 Å². The summed E-state index contributed by atoms with van der Waals surface area (Å²) in [7, 11) is 1.70. The number of rotatable bonds is 6. The van der Waals surface area contributed by atoms with Gasteiger partial charge in [0.05, 0.1) is 13.2 Å². The normalized spacial score (nSPS) is 23.2. The van der Waals surface area contributed by atoms with Crippen LogP contribution in [0.4, 0.5) is 0 Å². The third-order valence-electron chi connectivity index (χ3n) is 5.47. The van der Waals surface area contributed by atoms with E-state index < -0.39 is 0 Å². The zero-order valence-corrected chi connectivity index (χ0v) is 15.3. The Bertz CT molecular complexity index is 746. The number of hydrogen-bond donors (Lipinski definition) is 2. The number of benzene rings is 1. The molecule has 6 heteroatoms. The fourth-order valence-corrected chi connectivity index (χ4v) is 3.97. The van der Waals surface area contributed by atoms with Crippen LogP contribution in [0.3, 0.4) is 0 Å². The Morgan fingerprint density at radius 1 is 1.38 bits per heavy atom. The van der Waals surface area contributed by atoms with Crippen molar-refractivity contribution in [2.24, 2.45) is 0 Å². The van der Waals surface area contributed by atoms with Crippen molar-refractivity contribution in [1.29, 1.82) is 0 Å². The average molecular weight is 357 g/mol. The molecule has 2 aliphatic rings. The number of nitrogens with one attached hydrogen (secondary N) is 1. The number of aromatic nitrogens is 1. The van der Waals surface area contributed by atoms with Crippen LogP contribution in [0.2, 0.25) is 0 Å². The maximum Gasteiger partial charge on any atom is 0.140 e. The van der Waals surface area contributed by atoms with Crippen molar-refractivity contribution in [1.82, 2.24) is 15.4 Å². The molecule has 6 nitrogen and oxygen atoms in total. The lowest BCUT2D eigenvalue weighted by atomic mass is 9.91. The SMILES string of the molecule is COc1cccc(CNC2CCc3onc(CN4CC[C@@H](O)C4)c3C2)c1. The van der Waals surface area contributed by atoms with Crippen LogP contribution in [0.15, 0.2) is 28.8 Å². The van der Waals surface area contributed by atoms with E-state index in [0.29, 0.717) is 6.04 Å². The number of aryl methyl sites for hydroxylation is 1. The molecular formula is C20H27N3O3. The van der Waals surface area contributed by atoms with Gasteiger partial charge in [0.2, 0.25) is 0 Å². The van der Waals surface area contributed by atoms with Crippen LogP contribution < -0.4 is 10.1 Å². The molecule has 1 aliphatic carbocycles. The number of hydrogen-bond acceptors (Lipinski definition) is 6. The van der Waals surface area contributed by atoms with Crippen LogP contribution >= 0.6 is 0 Å². The third-order valence-corrected chi connectivity index (χ3v) is 5.47. The van der Waals surface area contributed by atoms with Crippen molar-refractivity contribution in [3.05, 3.63) is 46.8 Å². The second-order valence-corrected chi connectivity index (χ2v) is 7.38. The highest BCUT2D eigenvalue weighted by atomic mass is 16.5. The summed E-state index contributed by atoms with van der Waals surface area (Å²) < 4.78 is 10.9. The first-order valence-electron chi connectivity index (χ1n) is 9.44. The molecular weight excluding hydrogens is 330 g/mol. The van der Waals surface area contributed by atoms with E-state index in [2.05, 4.69) is 27.5 Å². The summed E-state index contributed by atoms with van der Waals surface area (Å²) in [5, 5.41) is 17.7. The highest BCUT2D eigenvalue weighted by molar-refractivity contribution is 5.29. The number of ether oxygens (including phenoxy) is 1. The minimum Gasteiger partial charge on any atom is -0.497 e. The number of methoxy groups -OCH3 is 1. The zero-order valence-electron chi connectivity index (χ0n) is 15.3. The molecule has 1 unspecified atom stereocenters. The van der Waals surface area contributed by atoms with E-state index >= 15 is 0 Å². The Morgan fingerprint density at radius 3 is 3.12 bits per heavy atom. The van der Waals surface area contributed by atoms with E-state index in [1.165, 1.54) is 11.1 Å². The lowest BCUT2D eigenvalue weighted by Crippen LogP contribution is -2.34. The lowest BCUT2D eigenvalue weighted by molar-refractivity contribution is 0.173. The summed E-state index contributed by atoms with van der Waals surface area (Å²) in [6, 6.07) is 8.61. The van der Waals surface area contributed by atoms with E-state index in [4.69, 9.17) is 9.26 Å². The standard InChI is InChI=1S/C20H27N3O3/c1-25-17-4-2-3-14(9-17)11-21-15-5-6-20-18(10-15)19(22-26-20)13-23-8-7-16(24)12-23/h2-4,9,15-16,21,24H,5-8,10-13H2,1H3/t15?,16-/m1/s1. The summed E-state index contributed by atoms with van der Waals surface area (Å²) >= 11 is 0. The number of likely N-dealkylation sites (tertiary alicyclic amines) is 1. The molecule has 0 saturated carbocycles. The van der Waals surface area contributed by atoms with E-state index in [1.807, 2.05) is 12.1 Å². The minimum atomic E-state index is -0.199. The molecule has 1 aliphatic heterocycles. The first-order chi connectivity index (χ1) is 12.7. The van der Waals surface area contributed by atoms with Gasteiger partial charge < -0.3 is 19.7 Å². The molecule has 2 atom stereocenters. The summed E-state index contributed by atoms with van der Waals surface area (Å²) in [6.45, 7) is 3.27. The Kier molecular flexibility index (Phi) is 5.24. The molecule has 26 heavy (non-hydrogen) atoms. The fourth-order valence-electron chi connectivity index (χ4n) is 3.97. The van der Waals surface area contributed by atoms with Crippen LogP contribution in [-0.4, -0.2) is 47.5 Å². The molecule has 2 N–H and O–H groups in total. The Balaban J connectivity index is 1.37. The fraction of sp³-hybridized carbons (Fsp3) is 0.550. The number of fused-ring (bicyclic) bond motifs is 1. The molecule has 0 bridgehead atoms. The molecule has 4 rings (SSSR count). The van der Waals surface area contributed by atoms with Gasteiger partial charge in [0.1, 0.15) is 17.2 Å².